The molecular weight excluding hydrogens is 258 g/mol. The van der Waals surface area contributed by atoms with Crippen LogP contribution in [0.15, 0.2) is 24.3 Å². The molecule has 4 unspecified atom stereocenters. The van der Waals surface area contributed by atoms with Gasteiger partial charge in [-0.3, -0.25) is 0 Å². The van der Waals surface area contributed by atoms with Crippen LogP contribution in [-0.4, -0.2) is 5.11 Å². The third-order valence-electron chi connectivity index (χ3n) is 5.32. The molecule has 100 valence electrons. The van der Waals surface area contributed by atoms with Crippen molar-refractivity contribution in [2.24, 2.45) is 17.3 Å². The van der Waals surface area contributed by atoms with Gasteiger partial charge in [-0.2, -0.15) is 5.26 Å². The fraction of sp³-hybridized carbons (Fsp3) is 0.562. The average molecular weight is 276 g/mol. The molecule has 0 spiro atoms. The minimum Gasteiger partial charge on any atom is -0.384 e. The first-order valence-corrected chi connectivity index (χ1v) is 7.27. The first kappa shape index (κ1) is 13.0. The number of nitriles is 1. The van der Waals surface area contributed by atoms with Gasteiger partial charge in [0.2, 0.25) is 0 Å². The minimum atomic E-state index is -1.18. The van der Waals surface area contributed by atoms with E-state index in [1.54, 1.807) is 13.0 Å². The number of benzene rings is 1. The standard InChI is InChI=1S/C16H18ClNO/c1-15(19,13-4-2-3-5-14(13)17)16(10-18)9-11-6-7-12(16)8-11/h2-5,11-12,19H,6-9H2,1H3. The van der Waals surface area contributed by atoms with E-state index in [1.165, 1.54) is 6.42 Å². The molecule has 0 amide bonds. The Morgan fingerprint density at radius 2 is 2.16 bits per heavy atom. The zero-order valence-corrected chi connectivity index (χ0v) is 11.8. The topological polar surface area (TPSA) is 44.0 Å². The Labute approximate surface area is 119 Å². The van der Waals surface area contributed by atoms with E-state index in [0.29, 0.717) is 22.4 Å². The average Bonchev–Trinajstić information content (AvgIpc) is 2.99. The van der Waals surface area contributed by atoms with E-state index < -0.39 is 11.0 Å². The molecule has 0 heterocycles. The van der Waals surface area contributed by atoms with Crippen LogP contribution in [0.25, 0.3) is 0 Å². The van der Waals surface area contributed by atoms with E-state index in [2.05, 4.69) is 6.07 Å². The van der Waals surface area contributed by atoms with Crippen LogP contribution >= 0.6 is 11.6 Å². The maximum atomic E-state index is 11.1. The highest BCUT2D eigenvalue weighted by Gasteiger charge is 2.61. The van der Waals surface area contributed by atoms with E-state index in [9.17, 15) is 10.4 Å². The lowest BCUT2D eigenvalue weighted by atomic mass is 9.61. The van der Waals surface area contributed by atoms with Crippen molar-refractivity contribution in [3.63, 3.8) is 0 Å². The molecule has 19 heavy (non-hydrogen) atoms. The Morgan fingerprint density at radius 3 is 2.68 bits per heavy atom. The Bertz CT molecular complexity index is 548. The van der Waals surface area contributed by atoms with Crippen LogP contribution in [0.4, 0.5) is 0 Å². The van der Waals surface area contributed by atoms with Crippen molar-refractivity contribution >= 4 is 11.6 Å². The van der Waals surface area contributed by atoms with Crippen LogP contribution in [0, 0.1) is 28.6 Å². The molecular formula is C16H18ClNO. The van der Waals surface area contributed by atoms with Crippen molar-refractivity contribution in [2.45, 2.75) is 38.2 Å². The molecule has 2 nitrogen and oxygen atoms in total. The van der Waals surface area contributed by atoms with Crippen LogP contribution < -0.4 is 0 Å². The number of fused-ring (bicyclic) bond motifs is 2. The molecule has 2 bridgehead atoms. The summed E-state index contributed by atoms with van der Waals surface area (Å²) in [5.74, 6) is 0.896. The van der Waals surface area contributed by atoms with Crippen molar-refractivity contribution < 1.29 is 5.11 Å². The van der Waals surface area contributed by atoms with E-state index >= 15 is 0 Å². The summed E-state index contributed by atoms with van der Waals surface area (Å²) in [7, 11) is 0. The normalized spacial score (nSPS) is 35.9. The van der Waals surface area contributed by atoms with E-state index in [4.69, 9.17) is 11.6 Å². The molecule has 2 saturated carbocycles. The van der Waals surface area contributed by atoms with Crippen molar-refractivity contribution in [1.29, 1.82) is 5.26 Å². The molecule has 0 saturated heterocycles. The quantitative estimate of drug-likeness (QED) is 0.890. The number of hydrogen-bond acceptors (Lipinski definition) is 2. The monoisotopic (exact) mass is 275 g/mol. The zero-order valence-electron chi connectivity index (χ0n) is 11.1. The SMILES string of the molecule is CC(O)(c1ccccc1Cl)C1(C#N)CC2CCC1C2. The third kappa shape index (κ3) is 1.65. The van der Waals surface area contributed by atoms with E-state index in [0.717, 1.165) is 19.3 Å². The first-order chi connectivity index (χ1) is 9.01. The number of aliphatic hydroxyl groups is 1. The fourth-order valence-electron chi connectivity index (χ4n) is 4.27. The second kappa shape index (κ2) is 4.23. The van der Waals surface area contributed by atoms with Gasteiger partial charge in [-0.1, -0.05) is 36.2 Å². The van der Waals surface area contributed by atoms with Gasteiger partial charge >= 0.3 is 0 Å². The van der Waals surface area contributed by atoms with Gasteiger partial charge in [-0.15, -0.1) is 0 Å². The summed E-state index contributed by atoms with van der Waals surface area (Å²) in [6, 6.07) is 9.81. The molecule has 0 aromatic heterocycles. The summed E-state index contributed by atoms with van der Waals surface area (Å²) in [4.78, 5) is 0. The largest absolute Gasteiger partial charge is 0.384 e. The molecule has 4 atom stereocenters. The van der Waals surface area contributed by atoms with Crippen molar-refractivity contribution in [3.8, 4) is 6.07 Å². The molecule has 2 fully saturated rings. The van der Waals surface area contributed by atoms with Crippen LogP contribution in [0.1, 0.15) is 38.2 Å². The Kier molecular flexibility index (Phi) is 2.89. The third-order valence-corrected chi connectivity index (χ3v) is 5.64. The Hall–Kier alpha value is -1.04. The van der Waals surface area contributed by atoms with Crippen LogP contribution in [0.5, 0.6) is 0 Å². The van der Waals surface area contributed by atoms with E-state index in [-0.39, 0.29) is 0 Å². The van der Waals surface area contributed by atoms with Gasteiger partial charge in [0.25, 0.3) is 0 Å². The number of hydrogen-bond donors (Lipinski definition) is 1. The number of nitrogens with zero attached hydrogens (tertiary/aromatic N) is 1. The van der Waals surface area contributed by atoms with Gasteiger partial charge in [-0.05, 0) is 44.1 Å². The first-order valence-electron chi connectivity index (χ1n) is 6.90. The highest BCUT2D eigenvalue weighted by molar-refractivity contribution is 6.31. The van der Waals surface area contributed by atoms with Crippen molar-refractivity contribution in [1.82, 2.24) is 0 Å². The van der Waals surface area contributed by atoms with Gasteiger partial charge in [0.05, 0.1) is 11.5 Å². The van der Waals surface area contributed by atoms with Gasteiger partial charge in [0.1, 0.15) is 5.60 Å². The summed E-state index contributed by atoms with van der Waals surface area (Å²) in [5.41, 5.74) is -1.17. The summed E-state index contributed by atoms with van der Waals surface area (Å²) < 4.78 is 0. The van der Waals surface area contributed by atoms with Gasteiger partial charge < -0.3 is 5.11 Å². The molecule has 0 aliphatic heterocycles. The molecule has 0 radical (unpaired) electrons. The maximum absolute atomic E-state index is 11.1. The van der Waals surface area contributed by atoms with Crippen molar-refractivity contribution in [3.05, 3.63) is 34.9 Å². The second-order valence-corrected chi connectivity index (χ2v) is 6.62. The second-order valence-electron chi connectivity index (χ2n) is 6.22. The molecule has 2 aliphatic carbocycles. The number of halogens is 1. The van der Waals surface area contributed by atoms with Gasteiger partial charge in [0, 0.05) is 10.6 Å². The summed E-state index contributed by atoms with van der Waals surface area (Å²) in [5, 5.41) is 21.5. The van der Waals surface area contributed by atoms with Gasteiger partial charge in [0.15, 0.2) is 0 Å². The zero-order chi connectivity index (χ0) is 13.7. The Morgan fingerprint density at radius 1 is 1.42 bits per heavy atom. The lowest BCUT2D eigenvalue weighted by Crippen LogP contribution is -2.46. The summed E-state index contributed by atoms with van der Waals surface area (Å²) in [6.07, 6.45) is 4.13. The number of rotatable bonds is 2. The fourth-order valence-corrected chi connectivity index (χ4v) is 4.59. The smallest absolute Gasteiger partial charge is 0.107 e. The lowest BCUT2D eigenvalue weighted by Gasteiger charge is -2.44. The highest BCUT2D eigenvalue weighted by Crippen LogP contribution is 2.63. The maximum Gasteiger partial charge on any atom is 0.107 e. The minimum absolute atomic E-state index is 0.300. The molecule has 3 rings (SSSR count). The highest BCUT2D eigenvalue weighted by atomic mass is 35.5. The van der Waals surface area contributed by atoms with E-state index in [1.807, 2.05) is 18.2 Å². The summed E-state index contributed by atoms with van der Waals surface area (Å²) >= 11 is 6.24. The predicted octanol–water partition coefficient (Wildman–Crippen LogP) is 3.88. The summed E-state index contributed by atoms with van der Waals surface area (Å²) in [6.45, 7) is 1.76. The van der Waals surface area contributed by atoms with Crippen LogP contribution in [-0.2, 0) is 5.60 Å². The molecule has 1 aromatic carbocycles. The molecule has 1 aromatic rings. The van der Waals surface area contributed by atoms with Gasteiger partial charge in [-0.25, -0.2) is 0 Å². The Balaban J connectivity index is 2.09. The van der Waals surface area contributed by atoms with Crippen molar-refractivity contribution in [2.75, 3.05) is 0 Å². The molecule has 2 aliphatic rings. The lowest BCUT2D eigenvalue weighted by molar-refractivity contribution is -0.0733. The molecule has 3 heteroatoms. The van der Waals surface area contributed by atoms with Crippen LogP contribution in [0.3, 0.4) is 0 Å². The molecule has 1 N–H and O–H groups in total. The van der Waals surface area contributed by atoms with Crippen LogP contribution in [0.2, 0.25) is 5.02 Å². The predicted molar refractivity (Wildman–Crippen MR) is 74.5 cm³/mol.